The highest BCUT2D eigenvalue weighted by Crippen LogP contribution is 2.23. The molecule has 1 heterocycles. The third-order valence-electron chi connectivity index (χ3n) is 2.33. The lowest BCUT2D eigenvalue weighted by Crippen LogP contribution is -2.15. The minimum absolute atomic E-state index is 0.00986. The molecule has 0 aliphatic heterocycles. The third kappa shape index (κ3) is 3.52. The Hall–Kier alpha value is -1.08. The van der Waals surface area contributed by atoms with E-state index in [0.29, 0.717) is 10.6 Å². The van der Waals surface area contributed by atoms with Gasteiger partial charge in [-0.05, 0) is 42.3 Å². The Morgan fingerprint density at radius 1 is 1.10 bits per heavy atom. The molecule has 0 unspecified atom stereocenters. The molecule has 0 aliphatic carbocycles. The Kier molecular flexibility index (Phi) is 4.39. The molecule has 0 bridgehead atoms. The second-order valence-corrected chi connectivity index (χ2v) is 6.67. The first-order valence-electron chi connectivity index (χ1n) is 5.27. The maximum atomic E-state index is 12.3. The molecular formula is C11H8Cl3N3O2S. The molecule has 0 saturated heterocycles. The summed E-state index contributed by atoms with van der Waals surface area (Å²) in [5.41, 5.74) is 0.510. The fourth-order valence-electron chi connectivity index (χ4n) is 1.55. The maximum absolute atomic E-state index is 12.3. The van der Waals surface area contributed by atoms with Crippen LogP contribution < -0.4 is 4.72 Å². The Morgan fingerprint density at radius 3 is 2.40 bits per heavy atom. The first-order chi connectivity index (χ1) is 9.28. The first kappa shape index (κ1) is 15.3. The van der Waals surface area contributed by atoms with Gasteiger partial charge < -0.3 is 0 Å². The zero-order valence-corrected chi connectivity index (χ0v) is 13.1. The SMILES string of the molecule is Cc1cc(Cl)ccc1S(=O)(=O)Nc1cc(Cl)nc(Cl)n1. The van der Waals surface area contributed by atoms with E-state index in [1.165, 1.54) is 18.2 Å². The van der Waals surface area contributed by atoms with Gasteiger partial charge in [0, 0.05) is 11.1 Å². The minimum Gasteiger partial charge on any atom is -0.263 e. The van der Waals surface area contributed by atoms with Crippen molar-refractivity contribution < 1.29 is 8.42 Å². The number of hydrogen-bond acceptors (Lipinski definition) is 4. The van der Waals surface area contributed by atoms with E-state index in [0.717, 1.165) is 0 Å². The molecule has 9 heteroatoms. The molecule has 0 fully saturated rings. The highest BCUT2D eigenvalue weighted by molar-refractivity contribution is 7.92. The number of nitrogens with zero attached hydrogens (tertiary/aromatic N) is 2. The Labute approximate surface area is 131 Å². The number of benzene rings is 1. The highest BCUT2D eigenvalue weighted by Gasteiger charge is 2.18. The second-order valence-electron chi connectivity index (χ2n) is 3.86. The van der Waals surface area contributed by atoms with Gasteiger partial charge >= 0.3 is 0 Å². The van der Waals surface area contributed by atoms with Gasteiger partial charge in [0.2, 0.25) is 5.28 Å². The Bertz CT molecular complexity index is 745. The van der Waals surface area contributed by atoms with Crippen LogP contribution in [0.25, 0.3) is 0 Å². The van der Waals surface area contributed by atoms with Crippen molar-refractivity contribution in [2.24, 2.45) is 0 Å². The van der Waals surface area contributed by atoms with Crippen LogP contribution in [0, 0.1) is 6.92 Å². The van der Waals surface area contributed by atoms with E-state index in [1.807, 2.05) is 0 Å². The van der Waals surface area contributed by atoms with Crippen LogP contribution in [0.3, 0.4) is 0 Å². The second kappa shape index (κ2) is 5.73. The van der Waals surface area contributed by atoms with Gasteiger partial charge in [-0.25, -0.2) is 13.4 Å². The number of nitrogens with one attached hydrogen (secondary N) is 1. The maximum Gasteiger partial charge on any atom is 0.263 e. The predicted octanol–water partition coefficient (Wildman–Crippen LogP) is 3.55. The summed E-state index contributed by atoms with van der Waals surface area (Å²) >= 11 is 17.1. The van der Waals surface area contributed by atoms with Crippen LogP contribution in [-0.4, -0.2) is 18.4 Å². The van der Waals surface area contributed by atoms with Gasteiger partial charge in [-0.15, -0.1) is 0 Å². The lowest BCUT2D eigenvalue weighted by molar-refractivity contribution is 0.600. The van der Waals surface area contributed by atoms with Crippen LogP contribution in [0.2, 0.25) is 15.5 Å². The van der Waals surface area contributed by atoms with Crippen molar-refractivity contribution in [3.8, 4) is 0 Å². The standard InChI is InChI=1S/C11H8Cl3N3O2S/c1-6-4-7(12)2-3-8(6)20(18,19)17-10-5-9(13)15-11(14)16-10/h2-5H,1H3,(H,15,16,17). The van der Waals surface area contributed by atoms with Gasteiger partial charge in [-0.1, -0.05) is 23.2 Å². The van der Waals surface area contributed by atoms with E-state index in [2.05, 4.69) is 14.7 Å². The summed E-state index contributed by atoms with van der Waals surface area (Å²) in [6.45, 7) is 1.64. The number of aryl methyl sites for hydroxylation is 1. The average Bonchev–Trinajstić information content (AvgIpc) is 2.25. The fraction of sp³-hybridized carbons (Fsp3) is 0.0909. The van der Waals surface area contributed by atoms with E-state index < -0.39 is 10.0 Å². The van der Waals surface area contributed by atoms with Crippen LogP contribution in [-0.2, 0) is 10.0 Å². The summed E-state index contributed by atoms with van der Waals surface area (Å²) in [6, 6.07) is 5.71. The summed E-state index contributed by atoms with van der Waals surface area (Å²) in [4.78, 5) is 7.47. The number of hydrogen-bond donors (Lipinski definition) is 1. The first-order valence-corrected chi connectivity index (χ1v) is 7.89. The van der Waals surface area contributed by atoms with Crippen molar-refractivity contribution in [1.82, 2.24) is 9.97 Å². The lowest BCUT2D eigenvalue weighted by Gasteiger charge is -2.10. The number of aromatic nitrogens is 2. The van der Waals surface area contributed by atoms with Gasteiger partial charge in [0.05, 0.1) is 4.90 Å². The van der Waals surface area contributed by atoms with Crippen LogP contribution in [0.5, 0.6) is 0 Å². The lowest BCUT2D eigenvalue weighted by atomic mass is 10.2. The molecule has 0 amide bonds. The van der Waals surface area contributed by atoms with Gasteiger partial charge in [0.25, 0.3) is 10.0 Å². The summed E-state index contributed by atoms with van der Waals surface area (Å²) in [6.07, 6.45) is 0. The van der Waals surface area contributed by atoms with E-state index >= 15 is 0 Å². The van der Waals surface area contributed by atoms with E-state index in [1.54, 1.807) is 13.0 Å². The van der Waals surface area contributed by atoms with Crippen LogP contribution in [0.1, 0.15) is 5.56 Å². The molecule has 1 aromatic carbocycles. The molecule has 0 saturated carbocycles. The zero-order chi connectivity index (χ0) is 14.9. The van der Waals surface area contributed by atoms with Crippen molar-refractivity contribution in [1.29, 1.82) is 0 Å². The molecule has 1 aromatic heterocycles. The van der Waals surface area contributed by atoms with Crippen LogP contribution in [0.4, 0.5) is 5.82 Å². The Balaban J connectivity index is 2.40. The van der Waals surface area contributed by atoms with Gasteiger partial charge in [0.1, 0.15) is 11.0 Å². The summed E-state index contributed by atoms with van der Waals surface area (Å²) in [7, 11) is -3.81. The molecule has 0 spiro atoms. The molecule has 2 aromatic rings. The van der Waals surface area contributed by atoms with Crippen molar-refractivity contribution in [2.45, 2.75) is 11.8 Å². The quantitative estimate of drug-likeness (QED) is 0.677. The van der Waals surface area contributed by atoms with Crippen molar-refractivity contribution >= 4 is 50.6 Å². The van der Waals surface area contributed by atoms with E-state index in [9.17, 15) is 8.42 Å². The molecule has 2 rings (SSSR count). The number of rotatable bonds is 3. The smallest absolute Gasteiger partial charge is 0.263 e. The molecule has 0 aliphatic rings. The molecule has 1 N–H and O–H groups in total. The van der Waals surface area contributed by atoms with Crippen LogP contribution in [0.15, 0.2) is 29.2 Å². The molecule has 20 heavy (non-hydrogen) atoms. The predicted molar refractivity (Wildman–Crippen MR) is 79.0 cm³/mol. The average molecular weight is 353 g/mol. The number of sulfonamides is 1. The fourth-order valence-corrected chi connectivity index (χ4v) is 3.40. The monoisotopic (exact) mass is 351 g/mol. The minimum atomic E-state index is -3.81. The van der Waals surface area contributed by atoms with E-state index in [4.69, 9.17) is 34.8 Å². The van der Waals surface area contributed by atoms with Gasteiger partial charge in [-0.3, -0.25) is 4.72 Å². The number of halogens is 3. The summed E-state index contributed by atoms with van der Waals surface area (Å²) in [5.74, 6) is -0.00986. The summed E-state index contributed by atoms with van der Waals surface area (Å²) < 4.78 is 26.8. The van der Waals surface area contributed by atoms with Crippen molar-refractivity contribution in [3.63, 3.8) is 0 Å². The molecule has 0 radical (unpaired) electrons. The topological polar surface area (TPSA) is 72.0 Å². The van der Waals surface area contributed by atoms with Crippen molar-refractivity contribution in [2.75, 3.05) is 4.72 Å². The molecular weight excluding hydrogens is 345 g/mol. The third-order valence-corrected chi connectivity index (χ3v) is 4.45. The highest BCUT2D eigenvalue weighted by atomic mass is 35.5. The number of anilines is 1. The zero-order valence-electron chi connectivity index (χ0n) is 10.1. The van der Waals surface area contributed by atoms with Gasteiger partial charge in [-0.2, -0.15) is 4.98 Å². The largest absolute Gasteiger partial charge is 0.263 e. The van der Waals surface area contributed by atoms with E-state index in [-0.39, 0.29) is 21.2 Å². The summed E-state index contributed by atoms with van der Waals surface area (Å²) in [5, 5.41) is 0.341. The van der Waals surface area contributed by atoms with Gasteiger partial charge in [0.15, 0.2) is 0 Å². The molecule has 106 valence electrons. The van der Waals surface area contributed by atoms with Crippen molar-refractivity contribution in [3.05, 3.63) is 45.3 Å². The normalized spacial score (nSPS) is 11.4. The van der Waals surface area contributed by atoms with Crippen LogP contribution >= 0.6 is 34.8 Å². The Morgan fingerprint density at radius 2 is 1.80 bits per heavy atom. The molecule has 0 atom stereocenters. The molecule has 5 nitrogen and oxygen atoms in total.